The predicted molar refractivity (Wildman–Crippen MR) is 91.6 cm³/mol. The predicted octanol–water partition coefficient (Wildman–Crippen LogP) is 2.98. The molecule has 1 atom stereocenters. The second-order valence-electron chi connectivity index (χ2n) is 5.91. The molecule has 6 heteroatoms. The highest BCUT2D eigenvalue weighted by Crippen LogP contribution is 2.42. The van der Waals surface area contributed by atoms with Gasteiger partial charge in [-0.3, -0.25) is 9.88 Å². The third-order valence-corrected chi connectivity index (χ3v) is 5.24. The van der Waals surface area contributed by atoms with Crippen molar-refractivity contribution < 1.29 is 0 Å². The summed E-state index contributed by atoms with van der Waals surface area (Å²) in [7, 11) is 0. The van der Waals surface area contributed by atoms with Gasteiger partial charge in [-0.15, -0.1) is 23.7 Å². The summed E-state index contributed by atoms with van der Waals surface area (Å²) < 4.78 is 0. The van der Waals surface area contributed by atoms with Crippen LogP contribution in [-0.2, 0) is 6.54 Å². The van der Waals surface area contributed by atoms with Gasteiger partial charge in [0.15, 0.2) is 0 Å². The van der Waals surface area contributed by atoms with Crippen LogP contribution in [-0.4, -0.2) is 34.5 Å². The zero-order valence-electron chi connectivity index (χ0n) is 12.4. The van der Waals surface area contributed by atoms with Crippen molar-refractivity contribution in [1.29, 1.82) is 0 Å². The van der Waals surface area contributed by atoms with Crippen molar-refractivity contribution in [2.45, 2.75) is 31.3 Å². The Morgan fingerprint density at radius 2 is 2.27 bits per heavy atom. The number of pyridine rings is 1. The summed E-state index contributed by atoms with van der Waals surface area (Å²) in [5.41, 5.74) is 4.69. The zero-order valence-corrected chi connectivity index (χ0v) is 14.1. The Morgan fingerprint density at radius 3 is 3.05 bits per heavy atom. The summed E-state index contributed by atoms with van der Waals surface area (Å²) in [4.78, 5) is 12.9. The third-order valence-electron chi connectivity index (χ3n) is 4.41. The number of nitrogens with zero attached hydrogens (tertiary/aromatic N) is 3. The number of aromatic nitrogens is 2. The van der Waals surface area contributed by atoms with E-state index in [1.54, 1.807) is 0 Å². The minimum atomic E-state index is 0. The lowest BCUT2D eigenvalue weighted by Crippen LogP contribution is -2.45. The first kappa shape index (κ1) is 15.9. The van der Waals surface area contributed by atoms with E-state index in [0.717, 1.165) is 32.1 Å². The van der Waals surface area contributed by atoms with Crippen LogP contribution in [0.3, 0.4) is 0 Å². The number of nitrogens with one attached hydrogen (secondary N) is 1. The van der Waals surface area contributed by atoms with Gasteiger partial charge in [0.1, 0.15) is 0 Å². The molecule has 3 heterocycles. The van der Waals surface area contributed by atoms with Crippen LogP contribution in [0, 0.1) is 0 Å². The molecule has 2 fully saturated rings. The Labute approximate surface area is 141 Å². The van der Waals surface area contributed by atoms with Crippen LogP contribution in [0.2, 0.25) is 0 Å². The minimum absolute atomic E-state index is 0. The van der Waals surface area contributed by atoms with Gasteiger partial charge < -0.3 is 5.32 Å². The first-order valence-electron chi connectivity index (χ1n) is 7.69. The van der Waals surface area contributed by atoms with Crippen molar-refractivity contribution in [2.75, 3.05) is 19.6 Å². The number of piperazine rings is 1. The second kappa shape index (κ2) is 7.04. The van der Waals surface area contributed by atoms with Crippen LogP contribution in [0.5, 0.6) is 0 Å². The van der Waals surface area contributed by atoms with Crippen molar-refractivity contribution >= 4 is 23.7 Å². The first-order chi connectivity index (χ1) is 10.4. The smallest absolute Gasteiger partial charge is 0.0798 e. The average molecular weight is 337 g/mol. The molecule has 0 amide bonds. The van der Waals surface area contributed by atoms with Crippen LogP contribution < -0.4 is 5.32 Å². The van der Waals surface area contributed by atoms with E-state index in [9.17, 15) is 0 Å². The van der Waals surface area contributed by atoms with Crippen LogP contribution in [0.25, 0.3) is 0 Å². The molecule has 2 aliphatic rings. The summed E-state index contributed by atoms with van der Waals surface area (Å²) in [6.45, 7) is 4.18. The van der Waals surface area contributed by atoms with Crippen molar-refractivity contribution in [2.24, 2.45) is 0 Å². The van der Waals surface area contributed by atoms with Gasteiger partial charge in [0.2, 0.25) is 0 Å². The molecular weight excluding hydrogens is 316 g/mol. The van der Waals surface area contributed by atoms with Gasteiger partial charge in [0.05, 0.1) is 11.2 Å². The molecule has 4 nitrogen and oxygen atoms in total. The number of hydrogen-bond donors (Lipinski definition) is 1. The van der Waals surface area contributed by atoms with Crippen molar-refractivity contribution in [3.63, 3.8) is 0 Å². The summed E-state index contributed by atoms with van der Waals surface area (Å²) in [6.07, 6.45) is 6.49. The van der Waals surface area contributed by atoms with E-state index >= 15 is 0 Å². The molecule has 1 aliphatic carbocycles. The van der Waals surface area contributed by atoms with Gasteiger partial charge in [-0.25, -0.2) is 4.98 Å². The first-order valence-corrected chi connectivity index (χ1v) is 8.57. The molecule has 2 aromatic rings. The van der Waals surface area contributed by atoms with Crippen LogP contribution in [0.4, 0.5) is 0 Å². The standard InChI is InChI=1S/C16H20N4S.ClH/c1-2-13(8-17-5-1)14-9-18-6-7-20(14)10-15-16(12-3-4-12)19-11-21-15;/h1-2,5,8,11-12,14,18H,3-4,6-7,9-10H2;1H. The lowest BCUT2D eigenvalue weighted by atomic mass is 10.0. The van der Waals surface area contributed by atoms with E-state index in [1.807, 2.05) is 35.3 Å². The third kappa shape index (κ3) is 3.33. The lowest BCUT2D eigenvalue weighted by Gasteiger charge is -2.36. The van der Waals surface area contributed by atoms with Crippen molar-refractivity contribution in [3.8, 4) is 0 Å². The number of rotatable bonds is 4. The molecule has 4 rings (SSSR count). The molecule has 1 saturated heterocycles. The summed E-state index contributed by atoms with van der Waals surface area (Å²) in [5.74, 6) is 0.742. The van der Waals surface area contributed by atoms with Gasteiger partial charge in [-0.05, 0) is 24.5 Å². The zero-order chi connectivity index (χ0) is 14.1. The van der Waals surface area contributed by atoms with E-state index in [4.69, 9.17) is 0 Å². The van der Waals surface area contributed by atoms with Gasteiger partial charge in [0, 0.05) is 55.4 Å². The van der Waals surface area contributed by atoms with Crippen molar-refractivity contribution in [1.82, 2.24) is 20.2 Å². The minimum Gasteiger partial charge on any atom is -0.314 e. The van der Waals surface area contributed by atoms with Gasteiger partial charge in [-0.1, -0.05) is 6.07 Å². The Bertz CT molecular complexity index is 599. The van der Waals surface area contributed by atoms with E-state index in [1.165, 1.54) is 29.0 Å². The quantitative estimate of drug-likeness (QED) is 0.932. The monoisotopic (exact) mass is 336 g/mol. The molecule has 0 spiro atoms. The van der Waals surface area contributed by atoms with Crippen LogP contribution in [0.1, 0.15) is 40.9 Å². The van der Waals surface area contributed by atoms with E-state index in [-0.39, 0.29) is 12.4 Å². The maximum atomic E-state index is 4.61. The molecule has 1 aliphatic heterocycles. The maximum absolute atomic E-state index is 4.61. The molecule has 1 unspecified atom stereocenters. The molecule has 1 saturated carbocycles. The van der Waals surface area contributed by atoms with Crippen LogP contribution in [0.15, 0.2) is 30.0 Å². The molecule has 0 aromatic carbocycles. The fourth-order valence-electron chi connectivity index (χ4n) is 3.11. The van der Waals surface area contributed by atoms with Gasteiger partial charge in [-0.2, -0.15) is 0 Å². The Morgan fingerprint density at radius 1 is 1.36 bits per heavy atom. The van der Waals surface area contributed by atoms with Gasteiger partial charge in [0.25, 0.3) is 0 Å². The second-order valence-corrected chi connectivity index (χ2v) is 6.85. The highest BCUT2D eigenvalue weighted by molar-refractivity contribution is 7.09. The Kier molecular flexibility index (Phi) is 5.08. The number of halogens is 1. The largest absolute Gasteiger partial charge is 0.314 e. The van der Waals surface area contributed by atoms with E-state index in [2.05, 4.69) is 26.3 Å². The molecule has 0 radical (unpaired) electrons. The van der Waals surface area contributed by atoms with E-state index in [0.29, 0.717) is 6.04 Å². The van der Waals surface area contributed by atoms with Crippen LogP contribution >= 0.6 is 23.7 Å². The topological polar surface area (TPSA) is 41.1 Å². The highest BCUT2D eigenvalue weighted by Gasteiger charge is 2.30. The fraction of sp³-hybridized carbons (Fsp3) is 0.500. The number of hydrogen-bond acceptors (Lipinski definition) is 5. The average Bonchev–Trinajstić information content (AvgIpc) is 3.29. The molecule has 2 aromatic heterocycles. The van der Waals surface area contributed by atoms with Crippen molar-refractivity contribution in [3.05, 3.63) is 46.2 Å². The normalized spacial score (nSPS) is 22.3. The Balaban J connectivity index is 0.00000144. The highest BCUT2D eigenvalue weighted by atomic mass is 35.5. The molecule has 1 N–H and O–H groups in total. The number of thiazole rings is 1. The summed E-state index contributed by atoms with van der Waals surface area (Å²) >= 11 is 1.82. The van der Waals surface area contributed by atoms with E-state index < -0.39 is 0 Å². The Hall–Kier alpha value is -1.01. The molecule has 22 heavy (non-hydrogen) atoms. The maximum Gasteiger partial charge on any atom is 0.0798 e. The SMILES string of the molecule is Cl.c1cncc(C2CNCCN2Cc2scnc2C2CC2)c1. The molecular formula is C16H21ClN4S. The fourth-order valence-corrected chi connectivity index (χ4v) is 3.98. The summed E-state index contributed by atoms with van der Waals surface area (Å²) in [5, 5.41) is 3.51. The molecule has 118 valence electrons. The summed E-state index contributed by atoms with van der Waals surface area (Å²) in [6, 6.07) is 4.64. The van der Waals surface area contributed by atoms with Gasteiger partial charge >= 0.3 is 0 Å². The molecule has 0 bridgehead atoms. The lowest BCUT2D eigenvalue weighted by molar-refractivity contribution is 0.154.